The predicted molar refractivity (Wildman–Crippen MR) is 69.8 cm³/mol. The maximum Gasteiger partial charge on any atom is 0.0468 e. The minimum absolute atomic E-state index is 0.685. The van der Waals surface area contributed by atoms with Gasteiger partial charge in [-0.25, -0.2) is 0 Å². The minimum atomic E-state index is 0.685. The van der Waals surface area contributed by atoms with Crippen molar-refractivity contribution in [1.29, 1.82) is 0 Å². The summed E-state index contributed by atoms with van der Waals surface area (Å²) in [4.78, 5) is 0. The van der Waals surface area contributed by atoms with Gasteiger partial charge in [-0.05, 0) is 45.1 Å². The molecule has 0 amide bonds. The van der Waals surface area contributed by atoms with Crippen LogP contribution in [0.1, 0.15) is 58.8 Å². The van der Waals surface area contributed by atoms with E-state index < -0.39 is 0 Å². The third-order valence-corrected chi connectivity index (χ3v) is 3.55. The highest BCUT2D eigenvalue weighted by Crippen LogP contribution is 2.19. The Bertz CT molecular complexity index is 155. The molecule has 0 aromatic carbocycles. The first-order chi connectivity index (χ1) is 7.83. The minimum Gasteiger partial charge on any atom is -0.381 e. The molecule has 0 spiro atoms. The van der Waals surface area contributed by atoms with Gasteiger partial charge in [0.15, 0.2) is 0 Å². The normalized spacial score (nSPS) is 19.9. The molecule has 0 bridgehead atoms. The summed E-state index contributed by atoms with van der Waals surface area (Å²) in [6.45, 7) is 7.75. The fourth-order valence-corrected chi connectivity index (χ4v) is 2.47. The van der Waals surface area contributed by atoms with Gasteiger partial charge in [0.25, 0.3) is 0 Å². The highest BCUT2D eigenvalue weighted by atomic mass is 16.5. The summed E-state index contributed by atoms with van der Waals surface area (Å²) in [5.41, 5.74) is 0. The van der Waals surface area contributed by atoms with E-state index in [9.17, 15) is 0 Å². The predicted octanol–water partition coefficient (Wildman–Crippen LogP) is 3.36. The summed E-state index contributed by atoms with van der Waals surface area (Å²) in [5, 5.41) is 3.65. The smallest absolute Gasteiger partial charge is 0.0468 e. The Hall–Kier alpha value is -0.0800. The zero-order chi connectivity index (χ0) is 11.6. The van der Waals surface area contributed by atoms with Crippen molar-refractivity contribution in [3.8, 4) is 0 Å². The summed E-state index contributed by atoms with van der Waals surface area (Å²) in [5.74, 6) is 0.895. The van der Waals surface area contributed by atoms with E-state index in [2.05, 4.69) is 19.2 Å². The van der Waals surface area contributed by atoms with Gasteiger partial charge in [-0.15, -0.1) is 0 Å². The van der Waals surface area contributed by atoms with E-state index in [4.69, 9.17) is 4.74 Å². The number of hydrogen-bond acceptors (Lipinski definition) is 2. The van der Waals surface area contributed by atoms with Crippen molar-refractivity contribution in [2.24, 2.45) is 5.92 Å². The van der Waals surface area contributed by atoms with E-state index in [1.54, 1.807) is 0 Å². The lowest BCUT2D eigenvalue weighted by Gasteiger charge is -2.25. The highest BCUT2D eigenvalue weighted by molar-refractivity contribution is 4.70. The molecule has 1 unspecified atom stereocenters. The van der Waals surface area contributed by atoms with Crippen molar-refractivity contribution in [1.82, 2.24) is 5.32 Å². The Morgan fingerprint density at radius 3 is 2.62 bits per heavy atom. The average molecular weight is 227 g/mol. The van der Waals surface area contributed by atoms with E-state index in [-0.39, 0.29) is 0 Å². The van der Waals surface area contributed by atoms with Crippen LogP contribution in [0.5, 0.6) is 0 Å². The lowest BCUT2D eigenvalue weighted by atomic mass is 9.93. The molecule has 96 valence electrons. The monoisotopic (exact) mass is 227 g/mol. The molecule has 2 heteroatoms. The molecule has 0 saturated carbocycles. The van der Waals surface area contributed by atoms with E-state index in [1.165, 1.54) is 51.5 Å². The van der Waals surface area contributed by atoms with Crippen molar-refractivity contribution in [3.63, 3.8) is 0 Å². The lowest BCUT2D eigenvalue weighted by molar-refractivity contribution is 0.0612. The summed E-state index contributed by atoms with van der Waals surface area (Å²) in [6, 6.07) is 0.685. The molecule has 1 heterocycles. The van der Waals surface area contributed by atoms with Crippen LogP contribution in [0, 0.1) is 5.92 Å². The first kappa shape index (κ1) is 14.0. The van der Waals surface area contributed by atoms with Crippen molar-refractivity contribution < 1.29 is 4.74 Å². The Morgan fingerprint density at radius 2 is 1.94 bits per heavy atom. The first-order valence-corrected chi connectivity index (χ1v) is 7.14. The van der Waals surface area contributed by atoms with Crippen LogP contribution in [-0.4, -0.2) is 25.8 Å². The molecule has 1 aliphatic heterocycles. The largest absolute Gasteiger partial charge is 0.381 e. The van der Waals surface area contributed by atoms with E-state index >= 15 is 0 Å². The molecule has 1 saturated heterocycles. The highest BCUT2D eigenvalue weighted by Gasteiger charge is 2.16. The SMILES string of the molecule is CCCCCCNC(C)CC1CCOCC1. The van der Waals surface area contributed by atoms with Crippen LogP contribution in [0.25, 0.3) is 0 Å². The average Bonchev–Trinajstić information content (AvgIpc) is 2.30. The summed E-state index contributed by atoms with van der Waals surface area (Å²) >= 11 is 0. The standard InChI is InChI=1S/C14H29NO/c1-3-4-5-6-9-15-13(2)12-14-7-10-16-11-8-14/h13-15H,3-12H2,1-2H3. The molecule has 1 atom stereocenters. The molecular formula is C14H29NO. The van der Waals surface area contributed by atoms with Crippen LogP contribution in [0.15, 0.2) is 0 Å². The van der Waals surface area contributed by atoms with Crippen LogP contribution >= 0.6 is 0 Å². The Kier molecular flexibility index (Phi) is 7.87. The number of nitrogens with one attached hydrogen (secondary N) is 1. The number of ether oxygens (including phenoxy) is 1. The lowest BCUT2D eigenvalue weighted by Crippen LogP contribution is -2.31. The summed E-state index contributed by atoms with van der Waals surface area (Å²) < 4.78 is 5.39. The number of rotatable bonds is 8. The molecule has 16 heavy (non-hydrogen) atoms. The summed E-state index contributed by atoms with van der Waals surface area (Å²) in [7, 11) is 0. The third-order valence-electron chi connectivity index (χ3n) is 3.55. The molecule has 1 fully saturated rings. The number of unbranched alkanes of at least 4 members (excludes halogenated alkanes) is 3. The van der Waals surface area contributed by atoms with Crippen LogP contribution in [0.4, 0.5) is 0 Å². The van der Waals surface area contributed by atoms with Gasteiger partial charge in [0.05, 0.1) is 0 Å². The molecule has 2 nitrogen and oxygen atoms in total. The Morgan fingerprint density at radius 1 is 1.19 bits per heavy atom. The second-order valence-electron chi connectivity index (χ2n) is 5.21. The van der Waals surface area contributed by atoms with Crippen molar-refractivity contribution in [2.45, 2.75) is 64.8 Å². The molecule has 0 radical (unpaired) electrons. The molecule has 1 aliphatic rings. The second-order valence-corrected chi connectivity index (χ2v) is 5.21. The zero-order valence-corrected chi connectivity index (χ0v) is 11.1. The van der Waals surface area contributed by atoms with Crippen molar-refractivity contribution in [3.05, 3.63) is 0 Å². The van der Waals surface area contributed by atoms with Gasteiger partial charge in [0, 0.05) is 19.3 Å². The van der Waals surface area contributed by atoms with E-state index in [0.29, 0.717) is 6.04 Å². The molecule has 1 N–H and O–H groups in total. The van der Waals surface area contributed by atoms with Gasteiger partial charge >= 0.3 is 0 Å². The van der Waals surface area contributed by atoms with Crippen molar-refractivity contribution >= 4 is 0 Å². The molecular weight excluding hydrogens is 198 g/mol. The fourth-order valence-electron chi connectivity index (χ4n) is 2.47. The quantitative estimate of drug-likeness (QED) is 0.642. The van der Waals surface area contributed by atoms with Gasteiger partial charge in [-0.3, -0.25) is 0 Å². The zero-order valence-electron chi connectivity index (χ0n) is 11.1. The van der Waals surface area contributed by atoms with Crippen molar-refractivity contribution in [2.75, 3.05) is 19.8 Å². The van der Waals surface area contributed by atoms with E-state index in [1.807, 2.05) is 0 Å². The van der Waals surface area contributed by atoms with E-state index in [0.717, 1.165) is 19.1 Å². The Balaban J connectivity index is 1.95. The summed E-state index contributed by atoms with van der Waals surface area (Å²) in [6.07, 6.45) is 9.30. The van der Waals surface area contributed by atoms with Gasteiger partial charge in [0.1, 0.15) is 0 Å². The molecule has 0 aromatic heterocycles. The first-order valence-electron chi connectivity index (χ1n) is 7.14. The van der Waals surface area contributed by atoms with Gasteiger partial charge in [0.2, 0.25) is 0 Å². The second kappa shape index (κ2) is 9.00. The molecule has 1 rings (SSSR count). The Labute approximate surface area is 101 Å². The number of hydrogen-bond donors (Lipinski definition) is 1. The third kappa shape index (κ3) is 6.49. The van der Waals surface area contributed by atoms with Gasteiger partial charge in [-0.2, -0.15) is 0 Å². The van der Waals surface area contributed by atoms with Gasteiger partial charge < -0.3 is 10.1 Å². The topological polar surface area (TPSA) is 21.3 Å². The maximum absolute atomic E-state index is 5.39. The fraction of sp³-hybridized carbons (Fsp3) is 1.00. The maximum atomic E-state index is 5.39. The van der Waals surface area contributed by atoms with Gasteiger partial charge in [-0.1, -0.05) is 26.2 Å². The van der Waals surface area contributed by atoms with Crippen LogP contribution in [0.2, 0.25) is 0 Å². The molecule has 0 aliphatic carbocycles. The van der Waals surface area contributed by atoms with Crippen LogP contribution in [0.3, 0.4) is 0 Å². The van der Waals surface area contributed by atoms with Crippen LogP contribution < -0.4 is 5.32 Å². The molecule has 0 aromatic rings. The van der Waals surface area contributed by atoms with Crippen LogP contribution in [-0.2, 0) is 4.74 Å².